The standard InChI is InChI=1S/C28H27FN2O6/c1-18(20-9-5-4-6-10-20)31-26(33)28(37-27(31)34,16-21-11-7-8-12-24(21)29)25(32)30-17-19-13-22(35-2)15-23(14-19)36-3/h4-15,18H,16-17H2,1-3H3,(H,30,32)/t18-,28-/m1/s1. The van der Waals surface area contributed by atoms with E-state index in [2.05, 4.69) is 5.32 Å². The number of rotatable bonds is 9. The predicted octanol–water partition coefficient (Wildman–Crippen LogP) is 4.18. The van der Waals surface area contributed by atoms with E-state index in [0.29, 0.717) is 22.6 Å². The number of amides is 3. The minimum Gasteiger partial charge on any atom is -0.497 e. The van der Waals surface area contributed by atoms with Crippen molar-refractivity contribution in [1.29, 1.82) is 0 Å². The van der Waals surface area contributed by atoms with Crippen LogP contribution < -0.4 is 14.8 Å². The molecule has 0 saturated carbocycles. The zero-order valence-corrected chi connectivity index (χ0v) is 20.7. The molecule has 1 heterocycles. The summed E-state index contributed by atoms with van der Waals surface area (Å²) in [6.07, 6.45) is -1.44. The minimum atomic E-state index is -2.29. The molecule has 0 unspecified atom stereocenters. The summed E-state index contributed by atoms with van der Waals surface area (Å²) < 4.78 is 30.7. The van der Waals surface area contributed by atoms with E-state index in [-0.39, 0.29) is 12.1 Å². The summed E-state index contributed by atoms with van der Waals surface area (Å²) in [7, 11) is 3.00. The van der Waals surface area contributed by atoms with Gasteiger partial charge in [0.15, 0.2) is 0 Å². The van der Waals surface area contributed by atoms with Gasteiger partial charge >= 0.3 is 6.09 Å². The van der Waals surface area contributed by atoms with Crippen molar-refractivity contribution < 1.29 is 33.0 Å². The first-order valence-corrected chi connectivity index (χ1v) is 11.6. The number of hydrogen-bond acceptors (Lipinski definition) is 6. The lowest BCUT2D eigenvalue weighted by atomic mass is 9.91. The number of cyclic esters (lactones) is 1. The Labute approximate surface area is 213 Å². The van der Waals surface area contributed by atoms with Crippen LogP contribution in [-0.2, 0) is 27.3 Å². The number of ether oxygens (including phenoxy) is 3. The van der Waals surface area contributed by atoms with Crippen molar-refractivity contribution in [3.8, 4) is 11.5 Å². The molecular formula is C28H27FN2O6. The van der Waals surface area contributed by atoms with Gasteiger partial charge in [0.25, 0.3) is 17.4 Å². The number of halogens is 1. The molecule has 0 radical (unpaired) electrons. The average molecular weight is 507 g/mol. The van der Waals surface area contributed by atoms with E-state index in [1.807, 2.05) is 6.07 Å². The van der Waals surface area contributed by atoms with Crippen LogP contribution >= 0.6 is 0 Å². The quantitative estimate of drug-likeness (QED) is 0.438. The number of nitrogens with zero attached hydrogens (tertiary/aromatic N) is 1. The van der Waals surface area contributed by atoms with Gasteiger partial charge in [-0.25, -0.2) is 14.1 Å². The Morgan fingerprint density at radius 1 is 1.00 bits per heavy atom. The predicted molar refractivity (Wildman–Crippen MR) is 132 cm³/mol. The van der Waals surface area contributed by atoms with Crippen molar-refractivity contribution in [2.24, 2.45) is 0 Å². The molecule has 37 heavy (non-hydrogen) atoms. The van der Waals surface area contributed by atoms with E-state index < -0.39 is 41.8 Å². The second kappa shape index (κ2) is 10.7. The summed E-state index contributed by atoms with van der Waals surface area (Å²) >= 11 is 0. The number of nitrogens with one attached hydrogen (secondary N) is 1. The van der Waals surface area contributed by atoms with Crippen LogP contribution in [0.15, 0.2) is 72.8 Å². The molecule has 9 heteroatoms. The van der Waals surface area contributed by atoms with Gasteiger partial charge < -0.3 is 19.5 Å². The summed E-state index contributed by atoms with van der Waals surface area (Å²) in [6, 6.07) is 19.0. The Balaban J connectivity index is 1.67. The first-order chi connectivity index (χ1) is 17.8. The molecule has 1 saturated heterocycles. The molecule has 2 atom stereocenters. The van der Waals surface area contributed by atoms with E-state index >= 15 is 0 Å². The van der Waals surface area contributed by atoms with Crippen molar-refractivity contribution in [3.05, 3.63) is 95.3 Å². The molecule has 1 aliphatic rings. The van der Waals surface area contributed by atoms with Crippen molar-refractivity contribution in [2.75, 3.05) is 14.2 Å². The molecule has 8 nitrogen and oxygen atoms in total. The van der Waals surface area contributed by atoms with E-state index in [1.165, 1.54) is 32.4 Å². The Hall–Kier alpha value is -4.40. The highest BCUT2D eigenvalue weighted by molar-refractivity contribution is 6.17. The number of methoxy groups -OCH3 is 2. The van der Waals surface area contributed by atoms with Crippen molar-refractivity contribution >= 4 is 17.9 Å². The third kappa shape index (κ3) is 5.11. The number of hydrogen-bond donors (Lipinski definition) is 1. The zero-order valence-electron chi connectivity index (χ0n) is 20.7. The van der Waals surface area contributed by atoms with Crippen LogP contribution in [0.4, 0.5) is 9.18 Å². The van der Waals surface area contributed by atoms with Gasteiger partial charge in [-0.15, -0.1) is 0 Å². The maximum atomic E-state index is 14.6. The fraction of sp³-hybridized carbons (Fsp3) is 0.250. The molecule has 0 aromatic heterocycles. The van der Waals surface area contributed by atoms with Gasteiger partial charge in [-0.05, 0) is 41.8 Å². The molecule has 1 aliphatic heterocycles. The van der Waals surface area contributed by atoms with E-state index in [1.54, 1.807) is 55.5 Å². The lowest BCUT2D eigenvalue weighted by molar-refractivity contribution is -0.150. The molecule has 3 aromatic rings. The fourth-order valence-corrected chi connectivity index (χ4v) is 4.27. The molecule has 0 aliphatic carbocycles. The minimum absolute atomic E-state index is 0.0233. The van der Waals surface area contributed by atoms with Crippen LogP contribution in [0.3, 0.4) is 0 Å². The molecule has 0 bridgehead atoms. The van der Waals surface area contributed by atoms with E-state index in [0.717, 1.165) is 4.90 Å². The zero-order chi connectivity index (χ0) is 26.6. The molecule has 0 spiro atoms. The highest BCUT2D eigenvalue weighted by Crippen LogP contribution is 2.35. The summed E-state index contributed by atoms with van der Waals surface area (Å²) in [5.41, 5.74) is -0.919. The third-order valence-electron chi connectivity index (χ3n) is 6.32. The van der Waals surface area contributed by atoms with Gasteiger partial charge in [-0.1, -0.05) is 48.5 Å². The molecule has 3 aromatic carbocycles. The van der Waals surface area contributed by atoms with Crippen molar-refractivity contribution in [2.45, 2.75) is 31.5 Å². The molecule has 3 amide bonds. The number of carbonyl (C=O) groups excluding carboxylic acids is 3. The first-order valence-electron chi connectivity index (χ1n) is 11.6. The second-order valence-corrected chi connectivity index (χ2v) is 8.63. The summed E-state index contributed by atoms with van der Waals surface area (Å²) in [5, 5.41) is 2.68. The maximum absolute atomic E-state index is 14.6. The maximum Gasteiger partial charge on any atom is 0.418 e. The van der Waals surface area contributed by atoms with Crippen LogP contribution in [0.1, 0.15) is 29.7 Å². The van der Waals surface area contributed by atoms with Crippen molar-refractivity contribution in [1.82, 2.24) is 10.2 Å². The number of carbonyl (C=O) groups is 3. The van der Waals surface area contributed by atoms with E-state index in [9.17, 15) is 18.8 Å². The largest absolute Gasteiger partial charge is 0.497 e. The van der Waals surface area contributed by atoms with E-state index in [4.69, 9.17) is 14.2 Å². The smallest absolute Gasteiger partial charge is 0.418 e. The number of imide groups is 1. The second-order valence-electron chi connectivity index (χ2n) is 8.63. The third-order valence-corrected chi connectivity index (χ3v) is 6.32. The molecular weight excluding hydrogens is 479 g/mol. The van der Waals surface area contributed by atoms with Crippen molar-refractivity contribution in [3.63, 3.8) is 0 Å². The van der Waals surface area contributed by atoms with Gasteiger partial charge in [-0.3, -0.25) is 9.59 Å². The lowest BCUT2D eigenvalue weighted by Gasteiger charge is -2.26. The lowest BCUT2D eigenvalue weighted by Crippen LogP contribution is -2.55. The first kappa shape index (κ1) is 25.7. The van der Waals surface area contributed by atoms with Gasteiger partial charge in [0.1, 0.15) is 17.3 Å². The summed E-state index contributed by atoms with van der Waals surface area (Å²) in [4.78, 5) is 41.3. The van der Waals surface area contributed by atoms with Crippen LogP contribution in [0.25, 0.3) is 0 Å². The monoisotopic (exact) mass is 506 g/mol. The van der Waals surface area contributed by atoms with Gasteiger partial charge in [0, 0.05) is 19.0 Å². The molecule has 1 N–H and O–H groups in total. The SMILES string of the molecule is COc1cc(CNC(=O)[C@@]2(Cc3ccccc3F)OC(=O)N([C@H](C)c3ccccc3)C2=O)cc(OC)c1. The van der Waals surface area contributed by atoms with Gasteiger partial charge in [0.2, 0.25) is 0 Å². The Morgan fingerprint density at radius 3 is 2.24 bits per heavy atom. The summed E-state index contributed by atoms with van der Waals surface area (Å²) in [6.45, 7) is 1.64. The van der Waals surface area contributed by atoms with Crippen LogP contribution in [0.2, 0.25) is 0 Å². The average Bonchev–Trinajstić information content (AvgIpc) is 3.17. The highest BCUT2D eigenvalue weighted by atomic mass is 19.1. The van der Waals surface area contributed by atoms with Crippen LogP contribution in [0.5, 0.6) is 11.5 Å². The Kier molecular flexibility index (Phi) is 7.42. The van der Waals surface area contributed by atoms with Crippen LogP contribution in [-0.4, -0.2) is 42.6 Å². The van der Waals surface area contributed by atoms with Gasteiger partial charge in [-0.2, -0.15) is 0 Å². The highest BCUT2D eigenvalue weighted by Gasteiger charge is 2.60. The Morgan fingerprint density at radius 2 is 1.62 bits per heavy atom. The topological polar surface area (TPSA) is 94.2 Å². The van der Waals surface area contributed by atoms with Crippen LogP contribution in [0, 0.1) is 5.82 Å². The summed E-state index contributed by atoms with van der Waals surface area (Å²) in [5.74, 6) is -1.33. The molecule has 192 valence electrons. The van der Waals surface area contributed by atoms with Gasteiger partial charge in [0.05, 0.1) is 20.3 Å². The fourth-order valence-electron chi connectivity index (χ4n) is 4.27. The molecule has 4 rings (SSSR count). The molecule has 1 fully saturated rings. The Bertz CT molecular complexity index is 1290. The number of benzene rings is 3. The normalized spacial score (nSPS) is 17.8.